The average Bonchev–Trinajstić information content (AvgIpc) is 2.38. The molecule has 112 valence electrons. The zero-order valence-electron chi connectivity index (χ0n) is 11.7. The molecule has 1 amide bonds. The summed E-state index contributed by atoms with van der Waals surface area (Å²) in [6, 6.07) is 6.07. The monoisotopic (exact) mass is 362 g/mol. The molecule has 1 aromatic rings. The lowest BCUT2D eigenvalue weighted by atomic mass is 10.1. The highest BCUT2D eigenvalue weighted by Gasteiger charge is 2.19. The van der Waals surface area contributed by atoms with Gasteiger partial charge in [-0.05, 0) is 30.2 Å². The van der Waals surface area contributed by atoms with Crippen molar-refractivity contribution in [1.29, 1.82) is 0 Å². The topological polar surface area (TPSA) is 75.3 Å². The van der Waals surface area contributed by atoms with Crippen molar-refractivity contribution in [3.05, 3.63) is 24.3 Å². The van der Waals surface area contributed by atoms with Gasteiger partial charge in [-0.15, -0.1) is 0 Å². The Kier molecular flexibility index (Phi) is 6.16. The number of carbonyl (C=O) groups is 1. The van der Waals surface area contributed by atoms with E-state index >= 15 is 0 Å². The Morgan fingerprint density at radius 1 is 1.25 bits per heavy atom. The van der Waals surface area contributed by atoms with Crippen LogP contribution in [0, 0.1) is 5.92 Å². The van der Waals surface area contributed by atoms with Crippen molar-refractivity contribution in [1.82, 2.24) is 4.72 Å². The van der Waals surface area contributed by atoms with E-state index in [4.69, 9.17) is 0 Å². The van der Waals surface area contributed by atoms with E-state index in [9.17, 15) is 13.2 Å². The lowest BCUT2D eigenvalue weighted by Gasteiger charge is -2.14. The van der Waals surface area contributed by atoms with Crippen LogP contribution in [0.15, 0.2) is 29.2 Å². The second-order valence-corrected chi connectivity index (χ2v) is 7.41. The number of hydrogen-bond donors (Lipinski definition) is 2. The summed E-state index contributed by atoms with van der Waals surface area (Å²) in [5.41, 5.74) is 0.565. The maximum atomic E-state index is 11.8. The number of halogens is 1. The van der Waals surface area contributed by atoms with Crippen molar-refractivity contribution in [2.45, 2.75) is 30.5 Å². The van der Waals surface area contributed by atoms with E-state index in [1.165, 1.54) is 12.1 Å². The van der Waals surface area contributed by atoms with Crippen LogP contribution in [0.4, 0.5) is 5.69 Å². The van der Waals surface area contributed by atoms with Crippen molar-refractivity contribution in [2.75, 3.05) is 11.9 Å². The van der Waals surface area contributed by atoms with Crippen LogP contribution in [0.2, 0.25) is 0 Å². The summed E-state index contributed by atoms with van der Waals surface area (Å²) in [7, 11) is -3.46. The molecular weight excluding hydrogens is 344 g/mol. The van der Waals surface area contributed by atoms with Gasteiger partial charge in [-0.25, -0.2) is 13.1 Å². The zero-order valence-corrected chi connectivity index (χ0v) is 14.1. The molecule has 5 nitrogen and oxygen atoms in total. The molecule has 0 aliphatic heterocycles. The SMILES string of the molecule is CCNS(=O)(=O)c1ccc(NC(=O)C(Br)C(C)C)cc1. The van der Waals surface area contributed by atoms with Crippen LogP contribution in [0.1, 0.15) is 20.8 Å². The molecule has 1 rings (SSSR count). The minimum atomic E-state index is -3.46. The summed E-state index contributed by atoms with van der Waals surface area (Å²) >= 11 is 3.31. The molecular formula is C13H19BrN2O3S. The van der Waals surface area contributed by atoms with Crippen LogP contribution in [-0.2, 0) is 14.8 Å². The number of benzene rings is 1. The number of alkyl halides is 1. The molecule has 20 heavy (non-hydrogen) atoms. The summed E-state index contributed by atoms with van der Waals surface area (Å²) in [5.74, 6) is 0.0192. The maximum absolute atomic E-state index is 11.8. The number of hydrogen-bond acceptors (Lipinski definition) is 3. The Labute approximate surface area is 128 Å². The molecule has 1 aromatic carbocycles. The lowest BCUT2D eigenvalue weighted by molar-refractivity contribution is -0.116. The second-order valence-electron chi connectivity index (χ2n) is 4.66. The first-order valence-corrected chi connectivity index (χ1v) is 8.72. The van der Waals surface area contributed by atoms with Crippen molar-refractivity contribution < 1.29 is 13.2 Å². The molecule has 0 saturated heterocycles. The fourth-order valence-electron chi connectivity index (χ4n) is 1.50. The van der Waals surface area contributed by atoms with Gasteiger partial charge in [0.25, 0.3) is 0 Å². The van der Waals surface area contributed by atoms with Gasteiger partial charge in [0.05, 0.1) is 9.72 Å². The van der Waals surface area contributed by atoms with Crippen LogP contribution in [-0.4, -0.2) is 25.7 Å². The summed E-state index contributed by atoms with van der Waals surface area (Å²) in [6.45, 7) is 5.92. The van der Waals surface area contributed by atoms with Gasteiger partial charge >= 0.3 is 0 Å². The van der Waals surface area contributed by atoms with Crippen LogP contribution in [0.25, 0.3) is 0 Å². The standard InChI is InChI=1S/C13H19BrN2O3S/c1-4-15-20(18,19)11-7-5-10(6-8-11)16-13(17)12(14)9(2)3/h5-9,12,15H,4H2,1-3H3,(H,16,17). The molecule has 1 atom stereocenters. The Balaban J connectivity index is 2.80. The van der Waals surface area contributed by atoms with Crippen LogP contribution in [0.3, 0.4) is 0 Å². The number of carbonyl (C=O) groups excluding carboxylic acids is 1. The predicted molar refractivity (Wildman–Crippen MR) is 83.5 cm³/mol. The van der Waals surface area contributed by atoms with Gasteiger partial charge in [-0.2, -0.15) is 0 Å². The molecule has 0 radical (unpaired) electrons. The van der Waals surface area contributed by atoms with Crippen molar-refractivity contribution in [3.63, 3.8) is 0 Å². The third kappa shape index (κ3) is 4.57. The number of anilines is 1. The Morgan fingerprint density at radius 3 is 2.25 bits per heavy atom. The van der Waals surface area contributed by atoms with E-state index in [0.717, 1.165) is 0 Å². The highest BCUT2D eigenvalue weighted by atomic mass is 79.9. The molecule has 0 aliphatic carbocycles. The van der Waals surface area contributed by atoms with Gasteiger partial charge in [0, 0.05) is 12.2 Å². The van der Waals surface area contributed by atoms with E-state index in [1.807, 2.05) is 13.8 Å². The van der Waals surface area contributed by atoms with Gasteiger partial charge in [-0.3, -0.25) is 4.79 Å². The summed E-state index contributed by atoms with van der Waals surface area (Å²) in [6.07, 6.45) is 0. The summed E-state index contributed by atoms with van der Waals surface area (Å²) < 4.78 is 25.9. The Morgan fingerprint density at radius 2 is 1.80 bits per heavy atom. The molecule has 1 unspecified atom stereocenters. The van der Waals surface area contributed by atoms with Gasteiger partial charge < -0.3 is 5.32 Å². The molecule has 7 heteroatoms. The van der Waals surface area contributed by atoms with E-state index in [-0.39, 0.29) is 21.5 Å². The maximum Gasteiger partial charge on any atom is 0.240 e. The number of amides is 1. The van der Waals surface area contributed by atoms with E-state index in [0.29, 0.717) is 12.2 Å². The molecule has 0 bridgehead atoms. The molecule has 2 N–H and O–H groups in total. The quantitative estimate of drug-likeness (QED) is 0.762. The van der Waals surface area contributed by atoms with Gasteiger partial charge in [0.1, 0.15) is 0 Å². The average molecular weight is 363 g/mol. The van der Waals surface area contributed by atoms with E-state index < -0.39 is 10.0 Å². The first kappa shape index (κ1) is 17.1. The third-order valence-corrected chi connectivity index (χ3v) is 5.64. The van der Waals surface area contributed by atoms with Gasteiger partial charge in [0.2, 0.25) is 15.9 Å². The van der Waals surface area contributed by atoms with Crippen molar-refractivity contribution >= 4 is 37.5 Å². The van der Waals surface area contributed by atoms with Gasteiger partial charge in [-0.1, -0.05) is 36.7 Å². The molecule has 0 aliphatic rings. The fourth-order valence-corrected chi connectivity index (χ4v) is 2.66. The fraction of sp³-hybridized carbons (Fsp3) is 0.462. The molecule has 0 aromatic heterocycles. The van der Waals surface area contributed by atoms with Crippen LogP contribution >= 0.6 is 15.9 Å². The summed E-state index contributed by atoms with van der Waals surface area (Å²) in [4.78, 5) is 11.7. The highest BCUT2D eigenvalue weighted by Crippen LogP contribution is 2.17. The third-order valence-electron chi connectivity index (χ3n) is 2.60. The molecule has 0 heterocycles. The first-order valence-electron chi connectivity index (χ1n) is 6.32. The van der Waals surface area contributed by atoms with Crippen LogP contribution < -0.4 is 10.0 Å². The second kappa shape index (κ2) is 7.19. The zero-order chi connectivity index (χ0) is 15.3. The predicted octanol–water partition coefficient (Wildman–Crippen LogP) is 2.34. The van der Waals surface area contributed by atoms with Crippen molar-refractivity contribution in [2.24, 2.45) is 5.92 Å². The largest absolute Gasteiger partial charge is 0.325 e. The smallest absolute Gasteiger partial charge is 0.240 e. The summed E-state index contributed by atoms with van der Waals surface area (Å²) in [5, 5.41) is 2.73. The minimum absolute atomic E-state index is 0.151. The van der Waals surface area contributed by atoms with Crippen LogP contribution in [0.5, 0.6) is 0 Å². The van der Waals surface area contributed by atoms with E-state index in [1.54, 1.807) is 19.1 Å². The number of rotatable bonds is 6. The van der Waals surface area contributed by atoms with Crippen molar-refractivity contribution in [3.8, 4) is 0 Å². The molecule has 0 spiro atoms. The Bertz CT molecular complexity index is 555. The number of nitrogens with one attached hydrogen (secondary N) is 2. The molecule has 0 fully saturated rings. The Hall–Kier alpha value is -0.920. The highest BCUT2D eigenvalue weighted by molar-refractivity contribution is 9.10. The first-order chi connectivity index (χ1) is 9.27. The molecule has 0 saturated carbocycles. The minimum Gasteiger partial charge on any atom is -0.325 e. The lowest BCUT2D eigenvalue weighted by Crippen LogP contribution is -2.27. The number of sulfonamides is 1. The van der Waals surface area contributed by atoms with Gasteiger partial charge in [0.15, 0.2) is 0 Å². The van der Waals surface area contributed by atoms with E-state index in [2.05, 4.69) is 26.0 Å². The normalized spacial score (nSPS) is 13.2.